The van der Waals surface area contributed by atoms with Crippen LogP contribution in [0.2, 0.25) is 0 Å². The molecule has 5 rings (SSSR count). The first kappa shape index (κ1) is 23.1. The van der Waals surface area contributed by atoms with Crippen molar-refractivity contribution in [2.24, 2.45) is 11.8 Å². The topological polar surface area (TPSA) is 91.8 Å². The summed E-state index contributed by atoms with van der Waals surface area (Å²) in [7, 11) is -3.89. The van der Waals surface area contributed by atoms with E-state index in [0.29, 0.717) is 38.4 Å². The molecule has 0 radical (unpaired) electrons. The highest BCUT2D eigenvalue weighted by Crippen LogP contribution is 2.49. The van der Waals surface area contributed by atoms with Crippen molar-refractivity contribution in [2.75, 3.05) is 24.7 Å². The Morgan fingerprint density at radius 1 is 1.09 bits per heavy atom. The number of aryl methyl sites for hydroxylation is 1. The summed E-state index contributed by atoms with van der Waals surface area (Å²) in [5, 5.41) is 3.19. The van der Waals surface area contributed by atoms with Crippen molar-refractivity contribution in [2.45, 2.75) is 88.4 Å². The number of nitrogens with one attached hydrogen (secondary N) is 1. The summed E-state index contributed by atoms with van der Waals surface area (Å²) in [5.41, 5.74) is 0.765. The van der Waals surface area contributed by atoms with Crippen LogP contribution in [0.1, 0.15) is 58.1 Å². The zero-order valence-electron chi connectivity index (χ0n) is 19.9. The van der Waals surface area contributed by atoms with Crippen LogP contribution in [0.15, 0.2) is 17.0 Å². The largest absolute Gasteiger partial charge is 0.377 e. The number of rotatable bonds is 5. The second-order valence-electron chi connectivity index (χ2n) is 10.5. The van der Waals surface area contributed by atoms with Crippen LogP contribution >= 0.6 is 0 Å². The lowest BCUT2D eigenvalue weighted by Gasteiger charge is -2.40. The van der Waals surface area contributed by atoms with Crippen LogP contribution in [-0.4, -0.2) is 67.5 Å². The molecule has 2 aliphatic heterocycles. The molecule has 3 heterocycles. The van der Waals surface area contributed by atoms with Crippen molar-refractivity contribution in [3.63, 3.8) is 0 Å². The number of hydrogen-bond acceptors (Lipinski definition) is 6. The Morgan fingerprint density at radius 3 is 2.58 bits per heavy atom. The highest BCUT2D eigenvalue weighted by Gasteiger charge is 2.45. The van der Waals surface area contributed by atoms with Crippen LogP contribution in [0.25, 0.3) is 0 Å². The van der Waals surface area contributed by atoms with E-state index in [1.807, 2.05) is 20.8 Å². The van der Waals surface area contributed by atoms with Gasteiger partial charge in [-0.3, -0.25) is 4.79 Å². The molecule has 1 amide bonds. The lowest BCUT2D eigenvalue weighted by atomic mass is 9.95. The summed E-state index contributed by atoms with van der Waals surface area (Å²) in [6.07, 6.45) is 5.75. The molecule has 8 nitrogen and oxygen atoms in total. The number of ether oxygens (including phenoxy) is 1. The Labute approximate surface area is 197 Å². The number of nitrogens with zero attached hydrogens (tertiary/aromatic N) is 3. The Bertz CT molecular complexity index is 1010. The fraction of sp³-hybridized carbons (Fsp3) is 0.750. The number of fused-ring (bicyclic) bond motifs is 1. The van der Waals surface area contributed by atoms with E-state index < -0.39 is 16.1 Å². The van der Waals surface area contributed by atoms with Crippen molar-refractivity contribution >= 4 is 21.7 Å². The molecule has 1 aromatic rings. The maximum absolute atomic E-state index is 13.9. The summed E-state index contributed by atoms with van der Waals surface area (Å²) in [6, 6.07) is 2.94. The fourth-order valence-electron chi connectivity index (χ4n) is 6.03. The average molecular weight is 477 g/mol. The second-order valence-corrected chi connectivity index (χ2v) is 12.3. The van der Waals surface area contributed by atoms with Gasteiger partial charge in [0.25, 0.3) is 0 Å². The molecule has 4 aliphatic rings. The molecule has 1 aromatic heterocycles. The van der Waals surface area contributed by atoms with Gasteiger partial charge in [-0.15, -0.1) is 0 Å². The summed E-state index contributed by atoms with van der Waals surface area (Å²) in [5.74, 6) is 1.94. The molecule has 6 atom stereocenters. The zero-order chi connectivity index (χ0) is 23.3. The molecule has 0 spiro atoms. The van der Waals surface area contributed by atoms with E-state index in [1.165, 1.54) is 17.1 Å². The molecule has 2 aliphatic carbocycles. The molecule has 9 heteroatoms. The van der Waals surface area contributed by atoms with Crippen LogP contribution in [-0.2, 0) is 19.6 Å². The number of carbonyl (C=O) groups is 1. The van der Waals surface area contributed by atoms with Crippen molar-refractivity contribution in [1.82, 2.24) is 14.6 Å². The number of morpholine rings is 1. The average Bonchev–Trinajstić information content (AvgIpc) is 3.35. The number of sulfonamides is 1. The number of anilines is 1. The summed E-state index contributed by atoms with van der Waals surface area (Å²) < 4.78 is 34.9. The number of amides is 1. The minimum absolute atomic E-state index is 0.00669. The van der Waals surface area contributed by atoms with E-state index in [4.69, 9.17) is 4.74 Å². The third-order valence-corrected chi connectivity index (χ3v) is 9.80. The molecule has 33 heavy (non-hydrogen) atoms. The summed E-state index contributed by atoms with van der Waals surface area (Å²) >= 11 is 0. The molecule has 1 N–H and O–H groups in total. The molecule has 0 bridgehead atoms. The monoisotopic (exact) mass is 476 g/mol. The Kier molecular flexibility index (Phi) is 6.16. The molecule has 182 valence electrons. The van der Waals surface area contributed by atoms with Gasteiger partial charge in [-0.05, 0) is 83.3 Å². The number of carbonyl (C=O) groups excluding carboxylic acids is 1. The Balaban J connectivity index is 1.41. The number of hydrogen-bond donors (Lipinski definition) is 1. The lowest BCUT2D eigenvalue weighted by Crippen LogP contribution is -2.52. The SMILES string of the molecule is Cc1ccc(S(=O)(=O)N2CCC[C@H]2C(=O)NC2CCC3CC3C2)c(N2[C@@H](C)COC[C@@H]2C)n1. The third kappa shape index (κ3) is 4.39. The van der Waals surface area contributed by atoms with Crippen molar-refractivity contribution in [3.8, 4) is 0 Å². The normalized spacial score (nSPS) is 34.7. The van der Waals surface area contributed by atoms with E-state index in [1.54, 1.807) is 12.1 Å². The number of aromatic nitrogens is 1. The summed E-state index contributed by atoms with van der Waals surface area (Å²) in [4.78, 5) is 20.1. The number of pyridine rings is 1. The molecular formula is C24H36N4O4S. The molecule has 2 saturated heterocycles. The third-order valence-electron chi connectivity index (χ3n) is 7.87. The van der Waals surface area contributed by atoms with E-state index in [2.05, 4.69) is 15.2 Å². The van der Waals surface area contributed by atoms with Gasteiger partial charge in [0, 0.05) is 18.3 Å². The van der Waals surface area contributed by atoms with Crippen LogP contribution in [0.3, 0.4) is 0 Å². The van der Waals surface area contributed by atoms with Crippen molar-refractivity contribution in [1.29, 1.82) is 0 Å². The van der Waals surface area contributed by atoms with Crippen LogP contribution in [0.4, 0.5) is 5.82 Å². The lowest BCUT2D eigenvalue weighted by molar-refractivity contribution is -0.125. The van der Waals surface area contributed by atoms with E-state index >= 15 is 0 Å². The van der Waals surface area contributed by atoms with Crippen molar-refractivity contribution < 1.29 is 17.9 Å². The highest BCUT2D eigenvalue weighted by atomic mass is 32.2. The van der Waals surface area contributed by atoms with Gasteiger partial charge in [0.05, 0.1) is 25.3 Å². The maximum atomic E-state index is 13.9. The minimum atomic E-state index is -3.89. The van der Waals surface area contributed by atoms with E-state index in [9.17, 15) is 13.2 Å². The quantitative estimate of drug-likeness (QED) is 0.702. The van der Waals surface area contributed by atoms with Gasteiger partial charge in [0.2, 0.25) is 15.9 Å². The van der Waals surface area contributed by atoms with Gasteiger partial charge in [-0.1, -0.05) is 0 Å². The van der Waals surface area contributed by atoms with Gasteiger partial charge in [-0.25, -0.2) is 13.4 Å². The van der Waals surface area contributed by atoms with Crippen LogP contribution < -0.4 is 10.2 Å². The second kappa shape index (κ2) is 8.82. The van der Waals surface area contributed by atoms with Gasteiger partial charge in [0.15, 0.2) is 0 Å². The molecule has 3 unspecified atom stereocenters. The smallest absolute Gasteiger partial charge is 0.247 e. The Hall–Kier alpha value is -1.71. The van der Waals surface area contributed by atoms with Gasteiger partial charge < -0.3 is 15.0 Å². The maximum Gasteiger partial charge on any atom is 0.247 e. The van der Waals surface area contributed by atoms with Gasteiger partial charge >= 0.3 is 0 Å². The van der Waals surface area contributed by atoms with E-state index in [-0.39, 0.29) is 28.9 Å². The highest BCUT2D eigenvalue weighted by molar-refractivity contribution is 7.89. The van der Waals surface area contributed by atoms with Crippen LogP contribution in [0, 0.1) is 18.8 Å². The van der Waals surface area contributed by atoms with Gasteiger partial charge in [0.1, 0.15) is 16.8 Å². The fourth-order valence-corrected chi connectivity index (χ4v) is 7.81. The Morgan fingerprint density at radius 2 is 1.85 bits per heavy atom. The van der Waals surface area contributed by atoms with E-state index in [0.717, 1.165) is 30.4 Å². The first-order valence-electron chi connectivity index (χ1n) is 12.4. The first-order valence-corrected chi connectivity index (χ1v) is 13.9. The molecule has 0 aromatic carbocycles. The van der Waals surface area contributed by atoms with Crippen LogP contribution in [0.5, 0.6) is 0 Å². The predicted molar refractivity (Wildman–Crippen MR) is 125 cm³/mol. The molecule has 2 saturated carbocycles. The predicted octanol–water partition coefficient (Wildman–Crippen LogP) is 2.46. The van der Waals surface area contributed by atoms with Gasteiger partial charge in [-0.2, -0.15) is 4.31 Å². The minimum Gasteiger partial charge on any atom is -0.377 e. The molecular weight excluding hydrogens is 440 g/mol. The standard InChI is InChI=1S/C24H36N4O4S/c1-15-6-9-22(23(25-15)28-16(2)13-32-14-17(28)3)33(30,31)27-10-4-5-21(27)24(29)26-20-8-7-18-11-19(18)12-20/h6,9,16-21H,4-5,7-8,10-14H2,1-3H3,(H,26,29)/t16-,17-,18?,19?,20?,21-/m0/s1. The van der Waals surface area contributed by atoms with Crippen molar-refractivity contribution in [3.05, 3.63) is 17.8 Å². The molecule has 4 fully saturated rings. The zero-order valence-corrected chi connectivity index (χ0v) is 20.7. The first-order chi connectivity index (χ1) is 15.8. The summed E-state index contributed by atoms with van der Waals surface area (Å²) in [6.45, 7) is 7.33.